The highest BCUT2D eigenvalue weighted by atomic mass is 32.1. The minimum atomic E-state index is -0.151. The summed E-state index contributed by atoms with van der Waals surface area (Å²) in [5.41, 5.74) is 3.57. The van der Waals surface area contributed by atoms with Gasteiger partial charge in [-0.05, 0) is 24.6 Å². The van der Waals surface area contributed by atoms with Gasteiger partial charge in [-0.3, -0.25) is 0 Å². The van der Waals surface area contributed by atoms with Crippen molar-refractivity contribution in [3.8, 4) is 0 Å². The molecule has 17 heavy (non-hydrogen) atoms. The van der Waals surface area contributed by atoms with Gasteiger partial charge in [0.2, 0.25) is 0 Å². The zero-order valence-electron chi connectivity index (χ0n) is 9.69. The third-order valence-corrected chi connectivity index (χ3v) is 3.20. The molecule has 0 atom stereocenters. The molecule has 0 aliphatic rings. The van der Waals surface area contributed by atoms with E-state index in [2.05, 4.69) is 22.5 Å². The second-order valence-electron chi connectivity index (χ2n) is 3.77. The summed E-state index contributed by atoms with van der Waals surface area (Å²) in [4.78, 5) is 15.7. The lowest BCUT2D eigenvalue weighted by Gasteiger charge is -2.06. The molecule has 0 aliphatic carbocycles. The number of carbonyl (C=O) groups is 1. The first kappa shape index (κ1) is 11.9. The lowest BCUT2D eigenvalue weighted by molar-refractivity contribution is 0.252. The largest absolute Gasteiger partial charge is 0.338 e. The van der Waals surface area contributed by atoms with Gasteiger partial charge in [0.25, 0.3) is 0 Å². The summed E-state index contributed by atoms with van der Waals surface area (Å²) in [6, 6.07) is 5.56. The number of fused-ring (bicyclic) bond motifs is 1. The van der Waals surface area contributed by atoms with E-state index in [1.54, 1.807) is 16.8 Å². The van der Waals surface area contributed by atoms with Crippen LogP contribution in [-0.4, -0.2) is 17.6 Å². The topological polar surface area (TPSA) is 54.0 Å². The highest BCUT2D eigenvalue weighted by Gasteiger charge is 2.02. The molecular formula is C12H15N3OS. The Hall–Kier alpha value is -1.62. The fraction of sp³-hybridized carbons (Fsp3) is 0.333. The number of hydrogen-bond donors (Lipinski definition) is 2. The average Bonchev–Trinajstić information content (AvgIpc) is 2.76. The van der Waals surface area contributed by atoms with Gasteiger partial charge in [0, 0.05) is 12.2 Å². The zero-order chi connectivity index (χ0) is 12.1. The Kier molecular flexibility index (Phi) is 3.93. The quantitative estimate of drug-likeness (QED) is 0.817. The molecule has 0 saturated carbocycles. The molecule has 2 rings (SSSR count). The van der Waals surface area contributed by atoms with Crippen LogP contribution in [0.1, 0.15) is 19.8 Å². The van der Waals surface area contributed by atoms with Gasteiger partial charge in [0.15, 0.2) is 0 Å². The van der Waals surface area contributed by atoms with E-state index in [1.807, 2.05) is 18.2 Å². The first-order chi connectivity index (χ1) is 8.29. The minimum absolute atomic E-state index is 0.151. The normalized spacial score (nSPS) is 10.4. The number of anilines is 1. The monoisotopic (exact) mass is 249 g/mol. The molecule has 5 heteroatoms. The Morgan fingerprint density at radius 1 is 1.47 bits per heavy atom. The predicted octanol–water partition coefficient (Wildman–Crippen LogP) is 3.22. The molecule has 4 nitrogen and oxygen atoms in total. The smallest absolute Gasteiger partial charge is 0.319 e. The van der Waals surface area contributed by atoms with Crippen molar-refractivity contribution in [1.82, 2.24) is 10.3 Å². The first-order valence-corrected chi connectivity index (χ1v) is 6.55. The third kappa shape index (κ3) is 3.17. The van der Waals surface area contributed by atoms with Crippen LogP contribution in [-0.2, 0) is 0 Å². The molecule has 0 saturated heterocycles. The molecule has 1 aromatic carbocycles. The van der Waals surface area contributed by atoms with E-state index in [0.717, 1.165) is 28.7 Å². The Labute approximate surface area is 104 Å². The van der Waals surface area contributed by atoms with Gasteiger partial charge in [-0.25, -0.2) is 9.78 Å². The highest BCUT2D eigenvalue weighted by Crippen LogP contribution is 2.21. The number of rotatable bonds is 4. The van der Waals surface area contributed by atoms with Gasteiger partial charge in [0.1, 0.15) is 0 Å². The summed E-state index contributed by atoms with van der Waals surface area (Å²) in [5.74, 6) is 0. The van der Waals surface area contributed by atoms with Gasteiger partial charge in [-0.1, -0.05) is 13.3 Å². The second kappa shape index (κ2) is 5.63. The average molecular weight is 249 g/mol. The third-order valence-electron chi connectivity index (χ3n) is 2.41. The maximum Gasteiger partial charge on any atom is 0.319 e. The van der Waals surface area contributed by atoms with Crippen LogP contribution in [0.4, 0.5) is 10.5 Å². The van der Waals surface area contributed by atoms with E-state index in [-0.39, 0.29) is 6.03 Å². The van der Waals surface area contributed by atoms with E-state index in [0.29, 0.717) is 6.54 Å². The molecule has 0 radical (unpaired) electrons. The minimum Gasteiger partial charge on any atom is -0.338 e. The van der Waals surface area contributed by atoms with Crippen LogP contribution in [0.3, 0.4) is 0 Å². The number of thiazole rings is 1. The van der Waals surface area contributed by atoms with Crippen LogP contribution in [0, 0.1) is 0 Å². The molecule has 0 fully saturated rings. The Morgan fingerprint density at radius 2 is 2.35 bits per heavy atom. The predicted molar refractivity (Wildman–Crippen MR) is 71.5 cm³/mol. The summed E-state index contributed by atoms with van der Waals surface area (Å²) in [6.45, 7) is 2.81. The van der Waals surface area contributed by atoms with E-state index in [9.17, 15) is 4.79 Å². The Morgan fingerprint density at radius 3 is 3.18 bits per heavy atom. The number of urea groups is 1. The van der Waals surface area contributed by atoms with Crippen LogP contribution < -0.4 is 10.6 Å². The van der Waals surface area contributed by atoms with Crippen molar-refractivity contribution in [2.45, 2.75) is 19.8 Å². The molecule has 0 unspecified atom stereocenters. The van der Waals surface area contributed by atoms with Crippen molar-refractivity contribution in [3.05, 3.63) is 23.7 Å². The van der Waals surface area contributed by atoms with Crippen molar-refractivity contribution >= 4 is 33.3 Å². The Bertz CT molecular complexity index is 509. The van der Waals surface area contributed by atoms with Crippen molar-refractivity contribution < 1.29 is 4.79 Å². The number of unbranched alkanes of at least 4 members (excludes halogenated alkanes) is 1. The zero-order valence-corrected chi connectivity index (χ0v) is 10.5. The second-order valence-corrected chi connectivity index (χ2v) is 4.66. The van der Waals surface area contributed by atoms with Gasteiger partial charge < -0.3 is 10.6 Å². The van der Waals surface area contributed by atoms with E-state index < -0.39 is 0 Å². The van der Waals surface area contributed by atoms with Crippen LogP contribution in [0.2, 0.25) is 0 Å². The van der Waals surface area contributed by atoms with Crippen LogP contribution in [0.5, 0.6) is 0 Å². The molecule has 2 N–H and O–H groups in total. The number of nitrogens with zero attached hydrogens (tertiary/aromatic N) is 1. The van der Waals surface area contributed by atoms with Gasteiger partial charge in [-0.2, -0.15) is 0 Å². The highest BCUT2D eigenvalue weighted by molar-refractivity contribution is 7.16. The standard InChI is InChI=1S/C12H15N3OS/c1-2-3-6-13-12(16)15-9-4-5-10-11(7-9)17-8-14-10/h4-5,7-8H,2-3,6H2,1H3,(H2,13,15,16). The molecule has 0 bridgehead atoms. The number of hydrogen-bond acceptors (Lipinski definition) is 3. The molecule has 1 heterocycles. The molecule has 2 aromatic rings. The number of aromatic nitrogens is 1. The summed E-state index contributed by atoms with van der Waals surface area (Å²) in [6.07, 6.45) is 2.08. The molecule has 0 aliphatic heterocycles. The SMILES string of the molecule is CCCCNC(=O)Nc1ccc2ncsc2c1. The maximum atomic E-state index is 11.5. The van der Waals surface area contributed by atoms with Crippen LogP contribution in [0.15, 0.2) is 23.7 Å². The Balaban J connectivity index is 1.95. The molecule has 0 spiro atoms. The van der Waals surface area contributed by atoms with Crippen molar-refractivity contribution in [3.63, 3.8) is 0 Å². The molecular weight excluding hydrogens is 234 g/mol. The van der Waals surface area contributed by atoms with E-state index in [1.165, 1.54) is 0 Å². The lowest BCUT2D eigenvalue weighted by atomic mass is 10.3. The van der Waals surface area contributed by atoms with E-state index in [4.69, 9.17) is 0 Å². The van der Waals surface area contributed by atoms with E-state index >= 15 is 0 Å². The van der Waals surface area contributed by atoms with Gasteiger partial charge in [-0.15, -0.1) is 11.3 Å². The number of carbonyl (C=O) groups excluding carboxylic acids is 1. The summed E-state index contributed by atoms with van der Waals surface area (Å²) in [7, 11) is 0. The fourth-order valence-corrected chi connectivity index (χ4v) is 2.20. The van der Waals surface area contributed by atoms with Crippen molar-refractivity contribution in [2.24, 2.45) is 0 Å². The number of benzene rings is 1. The van der Waals surface area contributed by atoms with Crippen LogP contribution >= 0.6 is 11.3 Å². The molecule has 90 valence electrons. The summed E-state index contributed by atoms with van der Waals surface area (Å²) in [5, 5.41) is 5.62. The number of nitrogens with one attached hydrogen (secondary N) is 2. The molecule has 1 aromatic heterocycles. The van der Waals surface area contributed by atoms with Gasteiger partial charge >= 0.3 is 6.03 Å². The summed E-state index contributed by atoms with van der Waals surface area (Å²) >= 11 is 1.57. The maximum absolute atomic E-state index is 11.5. The van der Waals surface area contributed by atoms with Crippen molar-refractivity contribution in [2.75, 3.05) is 11.9 Å². The van der Waals surface area contributed by atoms with Crippen LogP contribution in [0.25, 0.3) is 10.2 Å². The number of amides is 2. The molecule has 2 amide bonds. The first-order valence-electron chi connectivity index (χ1n) is 5.67. The van der Waals surface area contributed by atoms with Gasteiger partial charge in [0.05, 0.1) is 15.7 Å². The lowest BCUT2D eigenvalue weighted by Crippen LogP contribution is -2.29. The fourth-order valence-electron chi connectivity index (χ4n) is 1.49. The van der Waals surface area contributed by atoms with Crippen molar-refractivity contribution in [1.29, 1.82) is 0 Å². The summed E-state index contributed by atoms with van der Waals surface area (Å²) < 4.78 is 1.08.